The van der Waals surface area contributed by atoms with Gasteiger partial charge in [-0.3, -0.25) is 4.68 Å². The van der Waals surface area contributed by atoms with Crippen LogP contribution in [0.2, 0.25) is 0 Å². The zero-order chi connectivity index (χ0) is 13.1. The highest BCUT2D eigenvalue weighted by molar-refractivity contribution is 9.10. The molecule has 0 aliphatic carbocycles. The van der Waals surface area contributed by atoms with Crippen molar-refractivity contribution < 1.29 is 9.84 Å². The minimum atomic E-state index is 0.145. The van der Waals surface area contributed by atoms with Gasteiger partial charge in [-0.2, -0.15) is 5.10 Å². The van der Waals surface area contributed by atoms with Gasteiger partial charge in [-0.05, 0) is 34.5 Å². The third-order valence-electron chi connectivity index (χ3n) is 2.73. The predicted octanol–water partition coefficient (Wildman–Crippen LogP) is 3.03. The van der Waals surface area contributed by atoms with Crippen molar-refractivity contribution in [1.82, 2.24) is 9.78 Å². The Hall–Kier alpha value is -1.49. The molecule has 5 heteroatoms. The van der Waals surface area contributed by atoms with Gasteiger partial charge >= 0.3 is 0 Å². The monoisotopic (exact) mass is 310 g/mol. The zero-order valence-electron chi connectivity index (χ0n) is 10.4. The third-order valence-corrected chi connectivity index (χ3v) is 3.65. The molecule has 0 saturated heterocycles. The number of phenolic OH excluding ortho intramolecular Hbond substituents is 1. The van der Waals surface area contributed by atoms with Crippen LogP contribution in [0.3, 0.4) is 0 Å². The van der Waals surface area contributed by atoms with Crippen molar-refractivity contribution in [3.63, 3.8) is 0 Å². The number of aromatic nitrogens is 2. The molecular formula is C13H15BrN2O2. The quantitative estimate of drug-likeness (QED) is 0.944. The lowest BCUT2D eigenvalue weighted by Crippen LogP contribution is -2.03. The molecule has 0 aliphatic rings. The zero-order valence-corrected chi connectivity index (χ0v) is 11.9. The number of para-hydroxylation sites is 2. The topological polar surface area (TPSA) is 47.3 Å². The second-order valence-corrected chi connectivity index (χ2v) is 4.73. The molecule has 1 N–H and O–H groups in total. The van der Waals surface area contributed by atoms with Gasteiger partial charge in [-0.25, -0.2) is 0 Å². The lowest BCUT2D eigenvalue weighted by molar-refractivity contribution is 0.279. The first-order chi connectivity index (χ1) is 8.63. The maximum atomic E-state index is 9.62. The highest BCUT2D eigenvalue weighted by Gasteiger charge is 2.13. The molecule has 96 valence electrons. The Morgan fingerprint density at radius 3 is 2.72 bits per heavy atom. The summed E-state index contributed by atoms with van der Waals surface area (Å²) in [5.41, 5.74) is 1.96. The summed E-state index contributed by atoms with van der Waals surface area (Å²) >= 11 is 3.53. The van der Waals surface area contributed by atoms with Crippen LogP contribution in [0.15, 0.2) is 28.7 Å². The first-order valence-electron chi connectivity index (χ1n) is 5.74. The maximum Gasteiger partial charge on any atom is 0.161 e. The predicted molar refractivity (Wildman–Crippen MR) is 72.7 cm³/mol. The number of aromatic hydroxyl groups is 1. The van der Waals surface area contributed by atoms with Crippen molar-refractivity contribution in [2.24, 2.45) is 7.05 Å². The molecule has 0 atom stereocenters. The Bertz CT molecular complexity index is 552. The number of hydrogen-bond acceptors (Lipinski definition) is 3. The van der Waals surface area contributed by atoms with E-state index in [0.29, 0.717) is 12.4 Å². The highest BCUT2D eigenvalue weighted by Crippen LogP contribution is 2.27. The van der Waals surface area contributed by atoms with Crippen molar-refractivity contribution in [2.75, 3.05) is 0 Å². The van der Waals surface area contributed by atoms with Crippen LogP contribution < -0.4 is 4.74 Å². The van der Waals surface area contributed by atoms with Gasteiger partial charge in [0.25, 0.3) is 0 Å². The van der Waals surface area contributed by atoms with Gasteiger partial charge in [0, 0.05) is 7.05 Å². The van der Waals surface area contributed by atoms with Gasteiger partial charge in [0.2, 0.25) is 0 Å². The van der Waals surface area contributed by atoms with Crippen molar-refractivity contribution in [3.05, 3.63) is 40.1 Å². The molecule has 2 rings (SSSR count). The van der Waals surface area contributed by atoms with Gasteiger partial charge in [-0.15, -0.1) is 0 Å². The van der Waals surface area contributed by atoms with E-state index in [1.165, 1.54) is 0 Å². The summed E-state index contributed by atoms with van der Waals surface area (Å²) in [5.74, 6) is 0.621. The Morgan fingerprint density at radius 2 is 2.11 bits per heavy atom. The van der Waals surface area contributed by atoms with Crippen LogP contribution in [-0.2, 0) is 20.1 Å². The largest absolute Gasteiger partial charge is 0.504 e. The summed E-state index contributed by atoms with van der Waals surface area (Å²) in [6.45, 7) is 2.42. The number of rotatable bonds is 4. The number of aryl methyl sites for hydroxylation is 2. The maximum absolute atomic E-state index is 9.62. The minimum absolute atomic E-state index is 0.145. The second-order valence-electron chi connectivity index (χ2n) is 3.94. The van der Waals surface area contributed by atoms with Crippen molar-refractivity contribution in [1.29, 1.82) is 0 Å². The fourth-order valence-corrected chi connectivity index (χ4v) is 2.43. The number of halogens is 1. The van der Waals surface area contributed by atoms with E-state index < -0.39 is 0 Å². The molecule has 1 aromatic heterocycles. The smallest absolute Gasteiger partial charge is 0.161 e. The molecule has 4 nitrogen and oxygen atoms in total. The third kappa shape index (κ3) is 2.51. The molecular weight excluding hydrogens is 296 g/mol. The van der Waals surface area contributed by atoms with Crippen LogP contribution in [-0.4, -0.2) is 14.9 Å². The van der Waals surface area contributed by atoms with E-state index in [1.807, 2.05) is 13.1 Å². The second kappa shape index (κ2) is 5.44. The Morgan fingerprint density at radius 1 is 1.39 bits per heavy atom. The van der Waals surface area contributed by atoms with E-state index in [0.717, 1.165) is 22.3 Å². The molecule has 0 spiro atoms. The van der Waals surface area contributed by atoms with Crippen molar-refractivity contribution in [3.8, 4) is 11.5 Å². The SMILES string of the molecule is CCc1nn(C)c(COc2ccccc2O)c1Br. The van der Waals surface area contributed by atoms with Gasteiger partial charge in [-0.1, -0.05) is 19.1 Å². The van der Waals surface area contributed by atoms with E-state index in [2.05, 4.69) is 28.0 Å². The molecule has 0 saturated carbocycles. The summed E-state index contributed by atoms with van der Waals surface area (Å²) in [5, 5.41) is 14.0. The molecule has 1 aromatic carbocycles. The summed E-state index contributed by atoms with van der Waals surface area (Å²) in [6, 6.07) is 6.92. The van der Waals surface area contributed by atoms with E-state index in [-0.39, 0.29) is 5.75 Å². The van der Waals surface area contributed by atoms with Crippen LogP contribution in [0.4, 0.5) is 0 Å². The summed E-state index contributed by atoms with van der Waals surface area (Å²) in [7, 11) is 1.88. The lowest BCUT2D eigenvalue weighted by Gasteiger charge is -2.08. The molecule has 2 aromatic rings. The van der Waals surface area contributed by atoms with Crippen molar-refractivity contribution in [2.45, 2.75) is 20.0 Å². The standard InChI is InChI=1S/C13H15BrN2O2/c1-3-9-13(14)10(16(2)15-9)8-18-12-7-5-4-6-11(12)17/h4-7,17H,3,8H2,1-2H3. The van der Waals surface area contributed by atoms with E-state index >= 15 is 0 Å². The Balaban J connectivity index is 2.16. The van der Waals surface area contributed by atoms with Gasteiger partial charge in [0.1, 0.15) is 6.61 Å². The normalized spacial score (nSPS) is 10.6. The number of benzene rings is 1. The average molecular weight is 311 g/mol. The lowest BCUT2D eigenvalue weighted by atomic mass is 10.3. The number of ether oxygens (including phenoxy) is 1. The Kier molecular flexibility index (Phi) is 3.91. The van der Waals surface area contributed by atoms with Gasteiger partial charge in [0.05, 0.1) is 15.9 Å². The molecule has 0 amide bonds. The first kappa shape index (κ1) is 13.0. The molecule has 0 fully saturated rings. The fourth-order valence-electron chi connectivity index (χ4n) is 1.70. The molecule has 0 aliphatic heterocycles. The summed E-state index contributed by atoms with van der Waals surface area (Å²) in [6.07, 6.45) is 0.866. The molecule has 0 radical (unpaired) electrons. The highest BCUT2D eigenvalue weighted by atomic mass is 79.9. The van der Waals surface area contributed by atoms with E-state index in [1.54, 1.807) is 22.9 Å². The van der Waals surface area contributed by atoms with E-state index in [9.17, 15) is 5.11 Å². The van der Waals surface area contributed by atoms with Crippen LogP contribution in [0, 0.1) is 0 Å². The number of phenols is 1. The number of nitrogens with zero attached hydrogens (tertiary/aromatic N) is 2. The van der Waals surface area contributed by atoms with Crippen molar-refractivity contribution >= 4 is 15.9 Å². The minimum Gasteiger partial charge on any atom is -0.504 e. The van der Waals surface area contributed by atoms with Crippen LogP contribution in [0.1, 0.15) is 18.3 Å². The van der Waals surface area contributed by atoms with Crippen LogP contribution in [0.5, 0.6) is 11.5 Å². The fraction of sp³-hybridized carbons (Fsp3) is 0.308. The summed E-state index contributed by atoms with van der Waals surface area (Å²) in [4.78, 5) is 0. The van der Waals surface area contributed by atoms with Gasteiger partial charge in [0.15, 0.2) is 11.5 Å². The number of hydrogen-bond donors (Lipinski definition) is 1. The summed E-state index contributed by atoms with van der Waals surface area (Å²) < 4.78 is 8.37. The van der Waals surface area contributed by atoms with Gasteiger partial charge < -0.3 is 9.84 Å². The van der Waals surface area contributed by atoms with E-state index in [4.69, 9.17) is 4.74 Å². The molecule has 1 heterocycles. The van der Waals surface area contributed by atoms with Crippen LogP contribution >= 0.6 is 15.9 Å². The molecule has 0 unspecified atom stereocenters. The molecule has 18 heavy (non-hydrogen) atoms. The average Bonchev–Trinajstić information content (AvgIpc) is 2.64. The Labute approximate surface area is 114 Å². The molecule has 0 bridgehead atoms. The first-order valence-corrected chi connectivity index (χ1v) is 6.53. The van der Waals surface area contributed by atoms with Crippen LogP contribution in [0.25, 0.3) is 0 Å².